The highest BCUT2D eigenvalue weighted by atomic mass is 16.5. The predicted octanol–water partition coefficient (Wildman–Crippen LogP) is 2.39. The Kier molecular flexibility index (Phi) is 4.78. The van der Waals surface area contributed by atoms with Crippen molar-refractivity contribution in [2.45, 2.75) is 13.8 Å². The maximum atomic E-state index is 12.0. The zero-order valence-electron chi connectivity index (χ0n) is 12.8. The van der Waals surface area contributed by atoms with Gasteiger partial charge in [0.25, 0.3) is 11.8 Å². The molecule has 0 atom stereocenters. The summed E-state index contributed by atoms with van der Waals surface area (Å²) in [6.07, 6.45) is 0. The summed E-state index contributed by atoms with van der Waals surface area (Å²) in [7, 11) is 1.55. The number of carbonyl (C=O) groups is 2. The Morgan fingerprint density at radius 1 is 0.818 bits per heavy atom. The fourth-order valence-corrected chi connectivity index (χ4v) is 2.11. The van der Waals surface area contributed by atoms with Crippen LogP contribution in [0.5, 0.6) is 5.75 Å². The van der Waals surface area contributed by atoms with Crippen LogP contribution in [-0.2, 0) is 0 Å². The molecule has 0 fully saturated rings. The van der Waals surface area contributed by atoms with Gasteiger partial charge in [-0.2, -0.15) is 0 Å². The fourth-order valence-electron chi connectivity index (χ4n) is 2.11. The number of amides is 2. The molecule has 0 aliphatic heterocycles. The number of nitrogens with one attached hydrogen (secondary N) is 2. The van der Waals surface area contributed by atoms with Gasteiger partial charge in [-0.1, -0.05) is 17.2 Å². The Labute approximate surface area is 129 Å². The zero-order chi connectivity index (χ0) is 16.1. The maximum Gasteiger partial charge on any atom is 0.269 e. The number of benzene rings is 2. The number of rotatable bonds is 3. The molecule has 2 rings (SSSR count). The molecule has 0 aliphatic rings. The Morgan fingerprint density at radius 3 is 1.82 bits per heavy atom. The van der Waals surface area contributed by atoms with Crippen molar-refractivity contribution in [3.63, 3.8) is 0 Å². The summed E-state index contributed by atoms with van der Waals surface area (Å²) in [5.74, 6) is -0.0788. The van der Waals surface area contributed by atoms with Crippen molar-refractivity contribution in [3.05, 3.63) is 64.7 Å². The van der Waals surface area contributed by atoms with E-state index >= 15 is 0 Å². The SMILES string of the molecule is COc1ccc(C(=O)NNC(=O)c2cc(C)cc(C)c2)cc1. The maximum absolute atomic E-state index is 12.0. The van der Waals surface area contributed by atoms with Crippen LogP contribution in [0.4, 0.5) is 0 Å². The minimum Gasteiger partial charge on any atom is -0.497 e. The van der Waals surface area contributed by atoms with Crippen LogP contribution in [0.2, 0.25) is 0 Å². The van der Waals surface area contributed by atoms with Gasteiger partial charge in [-0.15, -0.1) is 0 Å². The van der Waals surface area contributed by atoms with Gasteiger partial charge in [0, 0.05) is 11.1 Å². The van der Waals surface area contributed by atoms with E-state index in [4.69, 9.17) is 4.74 Å². The first-order valence-electron chi connectivity index (χ1n) is 6.82. The van der Waals surface area contributed by atoms with Gasteiger partial charge in [0.1, 0.15) is 5.75 Å². The third-order valence-corrected chi connectivity index (χ3v) is 3.13. The molecular weight excluding hydrogens is 280 g/mol. The Bertz CT molecular complexity index is 673. The van der Waals surface area contributed by atoms with Crippen molar-refractivity contribution >= 4 is 11.8 Å². The van der Waals surface area contributed by atoms with E-state index in [9.17, 15) is 9.59 Å². The number of hydrogen-bond acceptors (Lipinski definition) is 3. The minimum absolute atomic E-state index is 0.353. The first-order chi connectivity index (χ1) is 10.5. The van der Waals surface area contributed by atoms with Gasteiger partial charge >= 0.3 is 0 Å². The second-order valence-electron chi connectivity index (χ2n) is 5.01. The van der Waals surface area contributed by atoms with E-state index in [1.165, 1.54) is 0 Å². The Morgan fingerprint density at radius 2 is 1.32 bits per heavy atom. The molecule has 0 aliphatic carbocycles. The molecule has 2 amide bonds. The molecule has 0 spiro atoms. The largest absolute Gasteiger partial charge is 0.497 e. The summed E-state index contributed by atoms with van der Waals surface area (Å²) < 4.78 is 5.03. The van der Waals surface area contributed by atoms with Crippen molar-refractivity contribution < 1.29 is 14.3 Å². The average molecular weight is 298 g/mol. The smallest absolute Gasteiger partial charge is 0.269 e. The summed E-state index contributed by atoms with van der Waals surface area (Å²) in [6.45, 7) is 3.83. The lowest BCUT2D eigenvalue weighted by Crippen LogP contribution is -2.41. The van der Waals surface area contributed by atoms with E-state index in [1.54, 1.807) is 43.5 Å². The lowest BCUT2D eigenvalue weighted by atomic mass is 10.1. The normalized spacial score (nSPS) is 9.95. The van der Waals surface area contributed by atoms with E-state index < -0.39 is 0 Å². The second-order valence-corrected chi connectivity index (χ2v) is 5.01. The van der Waals surface area contributed by atoms with Crippen LogP contribution in [0.1, 0.15) is 31.8 Å². The zero-order valence-corrected chi connectivity index (χ0v) is 12.8. The first kappa shape index (κ1) is 15.6. The van der Waals surface area contributed by atoms with Crippen LogP contribution in [0, 0.1) is 13.8 Å². The highest BCUT2D eigenvalue weighted by Crippen LogP contribution is 2.11. The van der Waals surface area contributed by atoms with E-state index in [-0.39, 0.29) is 11.8 Å². The molecule has 0 radical (unpaired) electrons. The molecule has 0 heterocycles. The van der Waals surface area contributed by atoms with Crippen LogP contribution in [0.3, 0.4) is 0 Å². The van der Waals surface area contributed by atoms with Crippen LogP contribution in [0.25, 0.3) is 0 Å². The van der Waals surface area contributed by atoms with Crippen molar-refractivity contribution in [1.82, 2.24) is 10.9 Å². The topological polar surface area (TPSA) is 67.4 Å². The highest BCUT2D eigenvalue weighted by Gasteiger charge is 2.10. The molecule has 22 heavy (non-hydrogen) atoms. The molecule has 0 unspecified atom stereocenters. The fraction of sp³-hybridized carbons (Fsp3) is 0.176. The summed E-state index contributed by atoms with van der Waals surface area (Å²) in [4.78, 5) is 24.0. The molecule has 5 heteroatoms. The van der Waals surface area contributed by atoms with E-state index in [2.05, 4.69) is 10.9 Å². The van der Waals surface area contributed by atoms with Gasteiger partial charge in [-0.3, -0.25) is 20.4 Å². The molecule has 2 N–H and O–H groups in total. The van der Waals surface area contributed by atoms with Crippen molar-refractivity contribution in [2.75, 3.05) is 7.11 Å². The molecule has 2 aromatic rings. The van der Waals surface area contributed by atoms with Crippen LogP contribution in [-0.4, -0.2) is 18.9 Å². The standard InChI is InChI=1S/C17H18N2O3/c1-11-8-12(2)10-14(9-11)17(21)19-18-16(20)13-4-6-15(22-3)7-5-13/h4-10H,1-3H3,(H,18,20)(H,19,21). The van der Waals surface area contributed by atoms with E-state index in [0.717, 1.165) is 11.1 Å². The Balaban J connectivity index is 1.99. The predicted molar refractivity (Wildman–Crippen MR) is 83.8 cm³/mol. The average Bonchev–Trinajstić information content (AvgIpc) is 2.51. The molecular formula is C17H18N2O3. The van der Waals surface area contributed by atoms with Crippen LogP contribution >= 0.6 is 0 Å². The van der Waals surface area contributed by atoms with Crippen LogP contribution in [0.15, 0.2) is 42.5 Å². The highest BCUT2D eigenvalue weighted by molar-refractivity contribution is 5.99. The molecule has 5 nitrogen and oxygen atoms in total. The summed E-state index contributed by atoms with van der Waals surface area (Å²) in [5, 5.41) is 0. The van der Waals surface area contributed by atoms with Crippen molar-refractivity contribution in [3.8, 4) is 5.75 Å². The van der Waals surface area contributed by atoms with E-state index in [1.807, 2.05) is 19.9 Å². The molecule has 114 valence electrons. The van der Waals surface area contributed by atoms with Crippen LogP contribution < -0.4 is 15.6 Å². The van der Waals surface area contributed by atoms with Gasteiger partial charge in [0.15, 0.2) is 0 Å². The van der Waals surface area contributed by atoms with Crippen molar-refractivity contribution in [1.29, 1.82) is 0 Å². The third-order valence-electron chi connectivity index (χ3n) is 3.13. The lowest BCUT2D eigenvalue weighted by Gasteiger charge is -2.09. The van der Waals surface area contributed by atoms with Gasteiger partial charge in [0.05, 0.1) is 7.11 Å². The van der Waals surface area contributed by atoms with Crippen molar-refractivity contribution in [2.24, 2.45) is 0 Å². The molecule has 0 saturated carbocycles. The minimum atomic E-state index is -0.389. The lowest BCUT2D eigenvalue weighted by molar-refractivity contribution is 0.0846. The van der Waals surface area contributed by atoms with E-state index in [0.29, 0.717) is 16.9 Å². The summed E-state index contributed by atoms with van der Waals surface area (Å²) in [6, 6.07) is 12.1. The summed E-state index contributed by atoms with van der Waals surface area (Å²) >= 11 is 0. The monoisotopic (exact) mass is 298 g/mol. The Hall–Kier alpha value is -2.82. The van der Waals surface area contributed by atoms with Gasteiger partial charge in [-0.05, 0) is 50.2 Å². The molecule has 0 aromatic heterocycles. The van der Waals surface area contributed by atoms with Gasteiger partial charge in [-0.25, -0.2) is 0 Å². The molecule has 0 saturated heterocycles. The number of carbonyl (C=O) groups excluding carboxylic acids is 2. The first-order valence-corrected chi connectivity index (χ1v) is 6.82. The second kappa shape index (κ2) is 6.76. The number of ether oxygens (including phenoxy) is 1. The number of methoxy groups -OCH3 is 1. The number of aryl methyl sites for hydroxylation is 2. The molecule has 0 bridgehead atoms. The van der Waals surface area contributed by atoms with Gasteiger partial charge < -0.3 is 4.74 Å². The number of hydrazine groups is 1. The quantitative estimate of drug-likeness (QED) is 0.855. The van der Waals surface area contributed by atoms with Gasteiger partial charge in [0.2, 0.25) is 0 Å². The number of hydrogen-bond donors (Lipinski definition) is 2. The summed E-state index contributed by atoms with van der Waals surface area (Å²) in [5.41, 5.74) is 7.73. The molecule has 2 aromatic carbocycles. The third kappa shape index (κ3) is 3.85.